The average Bonchev–Trinajstić information content (AvgIpc) is 3.36. The van der Waals surface area contributed by atoms with E-state index in [0.717, 1.165) is 27.8 Å². The van der Waals surface area contributed by atoms with Gasteiger partial charge < -0.3 is 20.1 Å². The Kier molecular flexibility index (Phi) is 5.07. The van der Waals surface area contributed by atoms with Crippen LogP contribution < -0.4 is 5.32 Å². The number of pyridine rings is 1. The van der Waals surface area contributed by atoms with Crippen LogP contribution in [0.4, 0.5) is 4.79 Å². The van der Waals surface area contributed by atoms with E-state index in [1.54, 1.807) is 18.5 Å². The number of H-pyrrole nitrogens is 1. The SMILES string of the molecule is O=C(N[C@H](Cc1c[nH]c2cccnc12)C(=O)O)OCC1c2ccccc2-c2ccccc21. The van der Waals surface area contributed by atoms with Crippen LogP contribution in [-0.4, -0.2) is 39.8 Å². The highest BCUT2D eigenvalue weighted by molar-refractivity contribution is 5.83. The number of aromatic nitrogens is 2. The summed E-state index contributed by atoms with van der Waals surface area (Å²) in [7, 11) is 0. The van der Waals surface area contributed by atoms with E-state index in [1.807, 2.05) is 42.5 Å². The van der Waals surface area contributed by atoms with Gasteiger partial charge in [0.2, 0.25) is 0 Å². The number of carboxylic acids is 1. The predicted molar refractivity (Wildman–Crippen MR) is 119 cm³/mol. The van der Waals surface area contributed by atoms with Gasteiger partial charge in [0.05, 0.1) is 11.0 Å². The molecule has 0 saturated carbocycles. The first-order valence-electron chi connectivity index (χ1n) is 10.4. The molecule has 160 valence electrons. The molecule has 0 radical (unpaired) electrons. The van der Waals surface area contributed by atoms with E-state index >= 15 is 0 Å². The molecule has 0 saturated heterocycles. The van der Waals surface area contributed by atoms with Gasteiger partial charge in [0, 0.05) is 24.7 Å². The summed E-state index contributed by atoms with van der Waals surface area (Å²) in [6.45, 7) is 0.126. The molecule has 5 rings (SSSR count). The number of alkyl carbamates (subject to hydrolysis) is 1. The topological polar surface area (TPSA) is 104 Å². The number of benzene rings is 2. The van der Waals surface area contributed by atoms with Gasteiger partial charge in [-0.2, -0.15) is 0 Å². The van der Waals surface area contributed by atoms with Gasteiger partial charge in [-0.3, -0.25) is 4.98 Å². The molecular formula is C25H21N3O4. The predicted octanol–water partition coefficient (Wildman–Crippen LogP) is 4.10. The third kappa shape index (κ3) is 3.58. The zero-order valence-electron chi connectivity index (χ0n) is 17.1. The van der Waals surface area contributed by atoms with Crippen LogP contribution in [0.25, 0.3) is 22.2 Å². The summed E-state index contributed by atoms with van der Waals surface area (Å²) < 4.78 is 5.49. The summed E-state index contributed by atoms with van der Waals surface area (Å²) in [5.41, 5.74) is 6.68. The van der Waals surface area contributed by atoms with Crippen molar-refractivity contribution in [2.24, 2.45) is 0 Å². The first-order valence-corrected chi connectivity index (χ1v) is 10.4. The van der Waals surface area contributed by atoms with Crippen LogP contribution in [0.2, 0.25) is 0 Å². The molecule has 7 nitrogen and oxygen atoms in total. The number of aromatic amines is 1. The highest BCUT2D eigenvalue weighted by Crippen LogP contribution is 2.44. The van der Waals surface area contributed by atoms with Crippen molar-refractivity contribution in [3.8, 4) is 11.1 Å². The summed E-state index contributed by atoms with van der Waals surface area (Å²) in [4.78, 5) is 31.7. The number of rotatable bonds is 6. The second kappa shape index (κ2) is 8.19. The molecule has 2 aromatic carbocycles. The molecular weight excluding hydrogens is 406 g/mol. The van der Waals surface area contributed by atoms with E-state index < -0.39 is 18.1 Å². The number of nitrogens with zero attached hydrogens (tertiary/aromatic N) is 1. The average molecular weight is 427 g/mol. The lowest BCUT2D eigenvalue weighted by atomic mass is 9.98. The maximum atomic E-state index is 12.5. The Labute approximate surface area is 184 Å². The van der Waals surface area contributed by atoms with Gasteiger partial charge in [0.25, 0.3) is 0 Å². The first-order chi connectivity index (χ1) is 15.6. The Morgan fingerprint density at radius 2 is 1.72 bits per heavy atom. The zero-order chi connectivity index (χ0) is 22.1. The van der Waals surface area contributed by atoms with E-state index in [1.165, 1.54) is 0 Å². The Balaban J connectivity index is 1.28. The lowest BCUT2D eigenvalue weighted by molar-refractivity contribution is -0.139. The monoisotopic (exact) mass is 427 g/mol. The fraction of sp³-hybridized carbons (Fsp3) is 0.160. The maximum absolute atomic E-state index is 12.5. The minimum atomic E-state index is -1.14. The summed E-state index contributed by atoms with van der Waals surface area (Å²) >= 11 is 0. The summed E-state index contributed by atoms with van der Waals surface area (Å²) in [6, 6.07) is 18.6. The number of carbonyl (C=O) groups is 2. The molecule has 4 aromatic rings. The second-order valence-corrected chi connectivity index (χ2v) is 7.78. The Morgan fingerprint density at radius 3 is 2.41 bits per heavy atom. The number of fused-ring (bicyclic) bond motifs is 4. The number of aliphatic carboxylic acids is 1. The standard InChI is InChI=1S/C25H21N3O4/c29-24(30)22(12-15-13-27-21-10-5-11-26-23(15)21)28-25(31)32-14-20-18-8-3-1-6-16(18)17-7-2-4-9-19(17)20/h1-11,13,20,22,27H,12,14H2,(H,28,31)(H,29,30)/t22-/m1/s1. The smallest absolute Gasteiger partial charge is 0.407 e. The number of hydrogen-bond acceptors (Lipinski definition) is 4. The number of carbonyl (C=O) groups excluding carboxylic acids is 1. The summed E-state index contributed by atoms with van der Waals surface area (Å²) in [5.74, 6) is -1.22. The maximum Gasteiger partial charge on any atom is 0.407 e. The largest absolute Gasteiger partial charge is 0.480 e. The third-order valence-electron chi connectivity index (χ3n) is 5.87. The normalized spacial score (nSPS) is 13.4. The van der Waals surface area contributed by atoms with Crippen molar-refractivity contribution in [2.45, 2.75) is 18.4 Å². The van der Waals surface area contributed by atoms with Gasteiger partial charge in [-0.15, -0.1) is 0 Å². The van der Waals surface area contributed by atoms with E-state index in [0.29, 0.717) is 11.1 Å². The number of nitrogens with one attached hydrogen (secondary N) is 2. The molecule has 0 fully saturated rings. The molecule has 32 heavy (non-hydrogen) atoms. The molecule has 0 unspecified atom stereocenters. The van der Waals surface area contributed by atoms with Crippen LogP contribution in [0.3, 0.4) is 0 Å². The van der Waals surface area contributed by atoms with E-state index in [2.05, 4.69) is 27.4 Å². The summed E-state index contributed by atoms with van der Waals surface area (Å²) in [6.07, 6.45) is 2.70. The second-order valence-electron chi connectivity index (χ2n) is 7.78. The minimum Gasteiger partial charge on any atom is -0.480 e. The molecule has 7 heteroatoms. The van der Waals surface area contributed by atoms with Gasteiger partial charge in [0.1, 0.15) is 12.6 Å². The van der Waals surface area contributed by atoms with Crippen molar-refractivity contribution < 1.29 is 19.4 Å². The van der Waals surface area contributed by atoms with Gasteiger partial charge in [-0.1, -0.05) is 48.5 Å². The lowest BCUT2D eigenvalue weighted by Gasteiger charge is -2.17. The highest BCUT2D eigenvalue weighted by atomic mass is 16.5. The Hall–Kier alpha value is -4.13. The number of ether oxygens (including phenoxy) is 1. The molecule has 1 aliphatic carbocycles. The third-order valence-corrected chi connectivity index (χ3v) is 5.87. The van der Waals surface area contributed by atoms with Gasteiger partial charge in [-0.05, 0) is 39.9 Å². The molecule has 1 amide bonds. The van der Waals surface area contributed by atoms with Crippen molar-refractivity contribution in [3.05, 3.63) is 89.7 Å². The van der Waals surface area contributed by atoms with Gasteiger partial charge in [-0.25, -0.2) is 9.59 Å². The molecule has 1 aliphatic rings. The number of hydrogen-bond donors (Lipinski definition) is 3. The fourth-order valence-electron chi connectivity index (χ4n) is 4.37. The van der Waals surface area contributed by atoms with Crippen LogP contribution >= 0.6 is 0 Å². The molecule has 1 atom stereocenters. The molecule has 0 aliphatic heterocycles. The van der Waals surface area contributed by atoms with Crippen molar-refractivity contribution in [3.63, 3.8) is 0 Å². The minimum absolute atomic E-state index is 0.0887. The summed E-state index contributed by atoms with van der Waals surface area (Å²) in [5, 5.41) is 12.1. The molecule has 0 bridgehead atoms. The van der Waals surface area contributed by atoms with Crippen LogP contribution in [0.1, 0.15) is 22.6 Å². The van der Waals surface area contributed by atoms with Crippen LogP contribution in [0.5, 0.6) is 0 Å². The van der Waals surface area contributed by atoms with Gasteiger partial charge in [0.15, 0.2) is 0 Å². The van der Waals surface area contributed by atoms with E-state index in [9.17, 15) is 14.7 Å². The van der Waals surface area contributed by atoms with E-state index in [-0.39, 0.29) is 18.9 Å². The number of carboxylic acid groups (broad SMARTS) is 1. The van der Waals surface area contributed by atoms with Crippen LogP contribution in [0, 0.1) is 0 Å². The lowest BCUT2D eigenvalue weighted by Crippen LogP contribution is -2.42. The van der Waals surface area contributed by atoms with Crippen molar-refractivity contribution in [2.75, 3.05) is 6.61 Å². The zero-order valence-corrected chi connectivity index (χ0v) is 17.1. The fourth-order valence-corrected chi connectivity index (χ4v) is 4.37. The number of amides is 1. The van der Waals surface area contributed by atoms with Gasteiger partial charge >= 0.3 is 12.1 Å². The molecule has 2 aromatic heterocycles. The molecule has 0 spiro atoms. The Bertz CT molecular complexity index is 1270. The molecule has 3 N–H and O–H groups in total. The van der Waals surface area contributed by atoms with Crippen molar-refractivity contribution in [1.29, 1.82) is 0 Å². The molecule has 2 heterocycles. The highest BCUT2D eigenvalue weighted by Gasteiger charge is 2.30. The van der Waals surface area contributed by atoms with Crippen LogP contribution in [-0.2, 0) is 16.0 Å². The van der Waals surface area contributed by atoms with Crippen molar-refractivity contribution >= 4 is 23.1 Å². The van der Waals surface area contributed by atoms with Crippen molar-refractivity contribution in [1.82, 2.24) is 15.3 Å². The van der Waals surface area contributed by atoms with E-state index in [4.69, 9.17) is 4.74 Å². The first kappa shape index (κ1) is 19.8. The quantitative estimate of drug-likeness (QED) is 0.430. The van der Waals surface area contributed by atoms with Crippen LogP contribution in [0.15, 0.2) is 73.1 Å². The Morgan fingerprint density at radius 1 is 1.03 bits per heavy atom.